The van der Waals surface area contributed by atoms with Crippen molar-refractivity contribution in [2.45, 2.75) is 6.92 Å². The minimum atomic E-state index is -1.51. The Labute approximate surface area is 81.2 Å². The molecule has 0 unspecified atom stereocenters. The van der Waals surface area contributed by atoms with Gasteiger partial charge in [0, 0.05) is 18.7 Å². The zero-order valence-corrected chi connectivity index (χ0v) is 7.97. The maximum Gasteiger partial charge on any atom is 0.492 e. The Balaban J connectivity index is 2.84. The van der Waals surface area contributed by atoms with Crippen LogP contribution >= 0.6 is 0 Å². The van der Waals surface area contributed by atoms with E-state index in [1.54, 1.807) is 6.20 Å². The van der Waals surface area contributed by atoms with Crippen molar-refractivity contribution in [1.82, 2.24) is 14.5 Å². The summed E-state index contributed by atoms with van der Waals surface area (Å²) in [6, 6.07) is 0. The molecule has 0 saturated heterocycles. The zero-order valence-electron chi connectivity index (χ0n) is 7.97. The van der Waals surface area contributed by atoms with Gasteiger partial charge >= 0.3 is 7.12 Å². The van der Waals surface area contributed by atoms with Gasteiger partial charge in [-0.05, 0) is 6.92 Å². The number of imidazole rings is 1. The number of hydrogen-bond donors (Lipinski definition) is 2. The Bertz CT molecular complexity index is 481. The van der Waals surface area contributed by atoms with Gasteiger partial charge in [-0.3, -0.25) is 4.98 Å². The molecule has 0 spiro atoms. The third kappa shape index (κ3) is 1.20. The molecule has 0 aromatic carbocycles. The highest BCUT2D eigenvalue weighted by atomic mass is 16.4. The standard InChI is InChI=1S/C8H10BN3O2/c1-5-11-7-4-10-3-6(9(13)14)8(7)12(5)2/h3-4,13-14H,1-2H3. The Morgan fingerprint density at radius 2 is 2.07 bits per heavy atom. The number of fused-ring (bicyclic) bond motifs is 1. The normalized spacial score (nSPS) is 10.9. The van der Waals surface area contributed by atoms with E-state index in [1.807, 2.05) is 18.5 Å². The topological polar surface area (TPSA) is 71.2 Å². The SMILES string of the molecule is Cc1nc2cncc(B(O)O)c2n1C. The summed E-state index contributed by atoms with van der Waals surface area (Å²) >= 11 is 0. The first kappa shape index (κ1) is 9.17. The molecule has 0 aliphatic carbocycles. The Hall–Kier alpha value is -1.40. The first-order valence-electron chi connectivity index (χ1n) is 4.24. The van der Waals surface area contributed by atoms with E-state index in [0.29, 0.717) is 16.5 Å². The number of rotatable bonds is 1. The van der Waals surface area contributed by atoms with Crippen molar-refractivity contribution >= 4 is 23.6 Å². The fourth-order valence-electron chi connectivity index (χ4n) is 1.51. The van der Waals surface area contributed by atoms with Crippen LogP contribution < -0.4 is 5.46 Å². The molecule has 0 bridgehead atoms. The predicted molar refractivity (Wildman–Crippen MR) is 53.1 cm³/mol. The van der Waals surface area contributed by atoms with Crippen LogP contribution in [-0.2, 0) is 7.05 Å². The summed E-state index contributed by atoms with van der Waals surface area (Å²) in [7, 11) is 0.317. The fourth-order valence-corrected chi connectivity index (χ4v) is 1.51. The maximum atomic E-state index is 9.13. The van der Waals surface area contributed by atoms with Gasteiger partial charge in [0.15, 0.2) is 0 Å². The summed E-state index contributed by atoms with van der Waals surface area (Å²) < 4.78 is 1.81. The van der Waals surface area contributed by atoms with E-state index in [2.05, 4.69) is 9.97 Å². The molecule has 72 valence electrons. The lowest BCUT2D eigenvalue weighted by Crippen LogP contribution is -2.31. The lowest BCUT2D eigenvalue weighted by Gasteiger charge is -2.03. The molecule has 6 heteroatoms. The summed E-state index contributed by atoms with van der Waals surface area (Å²) in [6.07, 6.45) is 3.04. The largest absolute Gasteiger partial charge is 0.492 e. The van der Waals surface area contributed by atoms with Gasteiger partial charge in [-0.2, -0.15) is 0 Å². The fraction of sp³-hybridized carbons (Fsp3) is 0.250. The van der Waals surface area contributed by atoms with Crippen molar-refractivity contribution in [3.05, 3.63) is 18.2 Å². The van der Waals surface area contributed by atoms with E-state index in [0.717, 1.165) is 5.82 Å². The van der Waals surface area contributed by atoms with Crippen LogP contribution in [-0.4, -0.2) is 31.7 Å². The average molecular weight is 191 g/mol. The highest BCUT2D eigenvalue weighted by Crippen LogP contribution is 2.10. The average Bonchev–Trinajstić information content (AvgIpc) is 2.43. The number of hydrogen-bond acceptors (Lipinski definition) is 4. The summed E-state index contributed by atoms with van der Waals surface area (Å²) in [6.45, 7) is 1.85. The zero-order chi connectivity index (χ0) is 10.3. The van der Waals surface area contributed by atoms with Crippen molar-refractivity contribution in [2.24, 2.45) is 7.05 Å². The highest BCUT2D eigenvalue weighted by molar-refractivity contribution is 6.61. The highest BCUT2D eigenvalue weighted by Gasteiger charge is 2.18. The Kier molecular flexibility index (Phi) is 2.01. The molecule has 2 N–H and O–H groups in total. The van der Waals surface area contributed by atoms with E-state index < -0.39 is 7.12 Å². The van der Waals surface area contributed by atoms with E-state index in [1.165, 1.54) is 6.20 Å². The minimum absolute atomic E-state index is 0.380. The third-order valence-corrected chi connectivity index (χ3v) is 2.31. The summed E-state index contributed by atoms with van der Waals surface area (Å²) in [4.78, 5) is 8.13. The van der Waals surface area contributed by atoms with E-state index in [4.69, 9.17) is 10.0 Å². The van der Waals surface area contributed by atoms with Crippen molar-refractivity contribution in [3.8, 4) is 0 Å². The molecule has 2 aromatic rings. The van der Waals surface area contributed by atoms with Gasteiger partial charge in [0.25, 0.3) is 0 Å². The van der Waals surface area contributed by atoms with Crippen molar-refractivity contribution < 1.29 is 10.0 Å². The monoisotopic (exact) mass is 191 g/mol. The number of aryl methyl sites for hydroxylation is 2. The van der Waals surface area contributed by atoms with Crippen molar-refractivity contribution in [2.75, 3.05) is 0 Å². The van der Waals surface area contributed by atoms with E-state index in [9.17, 15) is 0 Å². The summed E-state index contributed by atoms with van der Waals surface area (Å²) in [5.74, 6) is 0.815. The van der Waals surface area contributed by atoms with E-state index >= 15 is 0 Å². The van der Waals surface area contributed by atoms with Gasteiger partial charge in [0.05, 0.1) is 11.7 Å². The second kappa shape index (κ2) is 3.07. The first-order chi connectivity index (χ1) is 6.61. The quantitative estimate of drug-likeness (QED) is 0.564. The lowest BCUT2D eigenvalue weighted by atomic mass is 9.80. The van der Waals surface area contributed by atoms with E-state index in [-0.39, 0.29) is 0 Å². The summed E-state index contributed by atoms with van der Waals surface area (Å²) in [5, 5.41) is 18.3. The number of nitrogens with zero attached hydrogens (tertiary/aromatic N) is 3. The molecule has 14 heavy (non-hydrogen) atoms. The molecule has 0 atom stereocenters. The number of aromatic nitrogens is 3. The molecule has 0 saturated carbocycles. The van der Waals surface area contributed by atoms with Crippen LogP contribution in [0.15, 0.2) is 12.4 Å². The van der Waals surface area contributed by atoms with Gasteiger partial charge in [-0.25, -0.2) is 4.98 Å². The second-order valence-electron chi connectivity index (χ2n) is 3.19. The molecule has 2 heterocycles. The molecule has 0 radical (unpaired) electrons. The van der Waals surface area contributed by atoms with Crippen LogP contribution in [0.4, 0.5) is 0 Å². The number of pyridine rings is 1. The molecule has 2 rings (SSSR count). The smallest absolute Gasteiger partial charge is 0.423 e. The predicted octanol–water partition coefficient (Wildman–Crippen LogP) is -1.04. The van der Waals surface area contributed by atoms with Gasteiger partial charge in [-0.1, -0.05) is 0 Å². The van der Waals surface area contributed by atoms with Gasteiger partial charge in [0.2, 0.25) is 0 Å². The second-order valence-corrected chi connectivity index (χ2v) is 3.19. The first-order valence-corrected chi connectivity index (χ1v) is 4.24. The van der Waals surface area contributed by atoms with Gasteiger partial charge in [-0.15, -0.1) is 0 Å². The lowest BCUT2D eigenvalue weighted by molar-refractivity contribution is 0.426. The van der Waals surface area contributed by atoms with Crippen LogP contribution in [0.1, 0.15) is 5.82 Å². The molecule has 0 aliphatic heterocycles. The molecule has 2 aromatic heterocycles. The van der Waals surface area contributed by atoms with Gasteiger partial charge < -0.3 is 14.6 Å². The Morgan fingerprint density at radius 3 is 2.71 bits per heavy atom. The van der Waals surface area contributed by atoms with Crippen LogP contribution in [0.3, 0.4) is 0 Å². The third-order valence-electron chi connectivity index (χ3n) is 2.31. The van der Waals surface area contributed by atoms with Crippen LogP contribution in [0, 0.1) is 6.92 Å². The molecule has 0 fully saturated rings. The van der Waals surface area contributed by atoms with Crippen molar-refractivity contribution in [1.29, 1.82) is 0 Å². The molecule has 0 aliphatic rings. The Morgan fingerprint density at radius 1 is 1.36 bits per heavy atom. The molecular weight excluding hydrogens is 181 g/mol. The maximum absolute atomic E-state index is 9.13. The van der Waals surface area contributed by atoms with Crippen molar-refractivity contribution in [3.63, 3.8) is 0 Å². The minimum Gasteiger partial charge on any atom is -0.423 e. The van der Waals surface area contributed by atoms with Crippen LogP contribution in [0.2, 0.25) is 0 Å². The van der Waals surface area contributed by atoms with Gasteiger partial charge in [0.1, 0.15) is 11.3 Å². The van der Waals surface area contributed by atoms with Crippen LogP contribution in [0.5, 0.6) is 0 Å². The molecule has 0 amide bonds. The molecular formula is C8H10BN3O2. The van der Waals surface area contributed by atoms with Crippen LogP contribution in [0.25, 0.3) is 11.0 Å². The molecule has 5 nitrogen and oxygen atoms in total. The summed E-state index contributed by atoms with van der Waals surface area (Å²) in [5.41, 5.74) is 1.77.